The maximum Gasteiger partial charge on any atom is 0.281 e. The predicted molar refractivity (Wildman–Crippen MR) is 117 cm³/mol. The van der Waals surface area contributed by atoms with Crippen LogP contribution in [-0.4, -0.2) is 68.2 Å². The number of hydrogen-bond donors (Lipinski definition) is 0. The van der Waals surface area contributed by atoms with Gasteiger partial charge >= 0.3 is 0 Å². The Morgan fingerprint density at radius 2 is 1.60 bits per heavy atom. The molecular formula is C22H29N3O4S. The van der Waals surface area contributed by atoms with Gasteiger partial charge in [-0.25, -0.2) is 0 Å². The van der Waals surface area contributed by atoms with E-state index in [1.165, 1.54) is 22.7 Å². The number of rotatable bonds is 7. The Morgan fingerprint density at radius 3 is 2.17 bits per heavy atom. The molecule has 1 heterocycles. The third-order valence-electron chi connectivity index (χ3n) is 5.20. The van der Waals surface area contributed by atoms with Gasteiger partial charge in [-0.15, -0.1) is 0 Å². The Balaban J connectivity index is 1.53. The molecule has 0 aliphatic carbocycles. The van der Waals surface area contributed by atoms with E-state index in [4.69, 9.17) is 4.74 Å². The van der Waals surface area contributed by atoms with E-state index in [1.807, 2.05) is 30.3 Å². The van der Waals surface area contributed by atoms with Crippen LogP contribution in [-0.2, 0) is 16.8 Å². The molecule has 0 spiro atoms. The van der Waals surface area contributed by atoms with Crippen LogP contribution in [0, 0.1) is 0 Å². The van der Waals surface area contributed by atoms with Gasteiger partial charge in [0.15, 0.2) is 0 Å². The van der Waals surface area contributed by atoms with Crippen molar-refractivity contribution in [1.82, 2.24) is 13.5 Å². The summed E-state index contributed by atoms with van der Waals surface area (Å²) in [5.74, 6) is 0.638. The van der Waals surface area contributed by atoms with Crippen LogP contribution in [0.25, 0.3) is 0 Å². The van der Waals surface area contributed by atoms with Crippen molar-refractivity contribution in [3.05, 3.63) is 65.7 Å². The first-order chi connectivity index (χ1) is 14.3. The first-order valence-corrected chi connectivity index (χ1v) is 11.4. The number of hydrogen-bond acceptors (Lipinski definition) is 4. The molecule has 1 saturated heterocycles. The predicted octanol–water partition coefficient (Wildman–Crippen LogP) is 2.61. The second kappa shape index (κ2) is 9.59. The van der Waals surface area contributed by atoms with Crippen molar-refractivity contribution >= 4 is 16.1 Å². The minimum Gasteiger partial charge on any atom is -0.490 e. The molecule has 2 aromatic carbocycles. The topological polar surface area (TPSA) is 70.2 Å². The summed E-state index contributed by atoms with van der Waals surface area (Å²) in [6, 6.07) is 17.0. The molecule has 0 aromatic heterocycles. The second-order valence-electron chi connectivity index (χ2n) is 7.68. The lowest BCUT2D eigenvalue weighted by Crippen LogP contribution is -2.46. The number of carbonyl (C=O) groups excluding carboxylic acids is 1. The molecule has 0 saturated carbocycles. The fraction of sp³-hybridized carbons (Fsp3) is 0.409. The third kappa shape index (κ3) is 5.38. The zero-order chi connectivity index (χ0) is 21.7. The first kappa shape index (κ1) is 22.3. The van der Waals surface area contributed by atoms with E-state index in [1.54, 1.807) is 36.2 Å². The number of amides is 1. The molecular weight excluding hydrogens is 402 g/mol. The summed E-state index contributed by atoms with van der Waals surface area (Å²) < 4.78 is 33.1. The van der Waals surface area contributed by atoms with E-state index >= 15 is 0 Å². The van der Waals surface area contributed by atoms with Crippen molar-refractivity contribution in [1.29, 1.82) is 0 Å². The van der Waals surface area contributed by atoms with Crippen molar-refractivity contribution in [2.45, 2.75) is 25.5 Å². The van der Waals surface area contributed by atoms with Gasteiger partial charge in [-0.2, -0.15) is 17.0 Å². The van der Waals surface area contributed by atoms with Crippen molar-refractivity contribution in [3.8, 4) is 5.75 Å². The van der Waals surface area contributed by atoms with Crippen LogP contribution < -0.4 is 4.74 Å². The fourth-order valence-electron chi connectivity index (χ4n) is 3.43. The minimum atomic E-state index is -3.37. The van der Waals surface area contributed by atoms with Crippen LogP contribution in [0.15, 0.2) is 54.6 Å². The van der Waals surface area contributed by atoms with Crippen molar-refractivity contribution in [2.24, 2.45) is 0 Å². The molecule has 1 amide bonds. The molecule has 0 atom stereocenters. The SMILES string of the molecule is CN(Cc1ccccc1)C(=O)c1ccc(OC2CCN(S(=O)(=O)N(C)C)CC2)cc1. The Labute approximate surface area is 179 Å². The number of benzene rings is 2. The molecule has 162 valence electrons. The third-order valence-corrected chi connectivity index (χ3v) is 7.14. The van der Waals surface area contributed by atoms with Gasteiger partial charge < -0.3 is 9.64 Å². The Morgan fingerprint density at radius 1 is 1.00 bits per heavy atom. The average molecular weight is 432 g/mol. The van der Waals surface area contributed by atoms with Gasteiger partial charge in [0.25, 0.3) is 16.1 Å². The minimum absolute atomic E-state index is 0.0408. The van der Waals surface area contributed by atoms with Gasteiger partial charge in [-0.3, -0.25) is 4.79 Å². The highest BCUT2D eigenvalue weighted by atomic mass is 32.2. The summed E-state index contributed by atoms with van der Waals surface area (Å²) >= 11 is 0. The Kier molecular flexibility index (Phi) is 7.12. The van der Waals surface area contributed by atoms with Gasteiger partial charge in [0, 0.05) is 46.3 Å². The summed E-state index contributed by atoms with van der Waals surface area (Å²) in [6.07, 6.45) is 1.22. The lowest BCUT2D eigenvalue weighted by molar-refractivity contribution is 0.0785. The van der Waals surface area contributed by atoms with E-state index in [0.29, 0.717) is 43.8 Å². The lowest BCUT2D eigenvalue weighted by atomic mass is 10.1. The summed E-state index contributed by atoms with van der Waals surface area (Å²) in [5.41, 5.74) is 1.68. The van der Waals surface area contributed by atoms with Gasteiger partial charge in [-0.05, 0) is 42.7 Å². The molecule has 1 aliphatic heterocycles. The quantitative estimate of drug-likeness (QED) is 0.676. The smallest absolute Gasteiger partial charge is 0.281 e. The number of piperidine rings is 1. The molecule has 1 fully saturated rings. The standard InChI is InChI=1S/C22H29N3O4S/c1-23(2)30(27,28)25-15-13-21(14-16-25)29-20-11-9-19(10-12-20)22(26)24(3)17-18-7-5-4-6-8-18/h4-12,21H,13-17H2,1-3H3. The zero-order valence-corrected chi connectivity index (χ0v) is 18.5. The Bertz CT molecular complexity index is 938. The number of carbonyl (C=O) groups is 1. The summed E-state index contributed by atoms with van der Waals surface area (Å²) in [7, 11) is 1.49. The summed E-state index contributed by atoms with van der Waals surface area (Å²) in [6.45, 7) is 1.42. The van der Waals surface area contributed by atoms with Gasteiger partial charge in [0.1, 0.15) is 11.9 Å². The van der Waals surface area contributed by atoms with Crippen molar-refractivity contribution < 1.29 is 17.9 Å². The molecule has 0 N–H and O–H groups in total. The summed E-state index contributed by atoms with van der Waals surface area (Å²) in [4.78, 5) is 14.3. The van der Waals surface area contributed by atoms with E-state index < -0.39 is 10.2 Å². The fourth-order valence-corrected chi connectivity index (χ4v) is 4.56. The zero-order valence-electron chi connectivity index (χ0n) is 17.7. The van der Waals surface area contributed by atoms with Crippen LogP contribution in [0.2, 0.25) is 0 Å². The summed E-state index contributed by atoms with van der Waals surface area (Å²) in [5, 5.41) is 0. The highest BCUT2D eigenvalue weighted by molar-refractivity contribution is 7.86. The molecule has 0 radical (unpaired) electrons. The van der Waals surface area contributed by atoms with Crippen LogP contribution in [0.3, 0.4) is 0 Å². The van der Waals surface area contributed by atoms with Crippen LogP contribution >= 0.6 is 0 Å². The molecule has 0 bridgehead atoms. The largest absolute Gasteiger partial charge is 0.490 e. The van der Waals surface area contributed by atoms with Gasteiger partial charge in [0.05, 0.1) is 0 Å². The van der Waals surface area contributed by atoms with Gasteiger partial charge in [0.2, 0.25) is 0 Å². The van der Waals surface area contributed by atoms with Gasteiger partial charge in [-0.1, -0.05) is 30.3 Å². The normalized spacial score (nSPS) is 15.9. The number of nitrogens with zero attached hydrogens (tertiary/aromatic N) is 3. The monoisotopic (exact) mass is 431 g/mol. The van der Waals surface area contributed by atoms with Crippen LogP contribution in [0.1, 0.15) is 28.8 Å². The van der Waals surface area contributed by atoms with E-state index in [-0.39, 0.29) is 12.0 Å². The molecule has 8 heteroatoms. The average Bonchev–Trinajstić information content (AvgIpc) is 2.75. The Hall–Kier alpha value is -2.42. The molecule has 3 rings (SSSR count). The van der Waals surface area contributed by atoms with Crippen LogP contribution in [0.5, 0.6) is 5.75 Å². The first-order valence-electron chi connectivity index (χ1n) is 10.0. The molecule has 30 heavy (non-hydrogen) atoms. The molecule has 1 aliphatic rings. The highest BCUT2D eigenvalue weighted by Gasteiger charge is 2.30. The molecule has 2 aromatic rings. The lowest BCUT2D eigenvalue weighted by Gasteiger charge is -2.32. The maximum absolute atomic E-state index is 12.7. The molecule has 0 unspecified atom stereocenters. The maximum atomic E-state index is 12.7. The van der Waals surface area contributed by atoms with E-state index in [9.17, 15) is 13.2 Å². The van der Waals surface area contributed by atoms with Crippen LogP contribution in [0.4, 0.5) is 0 Å². The van der Waals surface area contributed by atoms with E-state index in [2.05, 4.69) is 0 Å². The number of ether oxygens (including phenoxy) is 1. The molecule has 7 nitrogen and oxygen atoms in total. The van der Waals surface area contributed by atoms with Crippen molar-refractivity contribution in [3.63, 3.8) is 0 Å². The highest BCUT2D eigenvalue weighted by Crippen LogP contribution is 2.22. The second-order valence-corrected chi connectivity index (χ2v) is 9.82. The van der Waals surface area contributed by atoms with E-state index in [0.717, 1.165) is 5.56 Å². The van der Waals surface area contributed by atoms with Crippen molar-refractivity contribution in [2.75, 3.05) is 34.2 Å².